The van der Waals surface area contributed by atoms with Crippen LogP contribution in [-0.4, -0.2) is 11.7 Å². The molecular formula is C7H8BrFO. The van der Waals surface area contributed by atoms with E-state index in [-0.39, 0.29) is 16.7 Å². The molecule has 0 aromatic heterocycles. The van der Waals surface area contributed by atoms with Crippen molar-refractivity contribution in [3.8, 4) is 0 Å². The molecule has 0 rings (SSSR count). The van der Waals surface area contributed by atoms with Gasteiger partial charge in [-0.15, -0.1) is 0 Å². The van der Waals surface area contributed by atoms with Crippen molar-refractivity contribution in [3.05, 3.63) is 35.1 Å². The van der Waals surface area contributed by atoms with Crippen molar-refractivity contribution in [2.75, 3.05) is 6.61 Å². The summed E-state index contributed by atoms with van der Waals surface area (Å²) < 4.78 is 12.8. The molecule has 1 N–H and O–H groups in total. The van der Waals surface area contributed by atoms with Crippen molar-refractivity contribution in [1.82, 2.24) is 0 Å². The SMILES string of the molecule is C=C/C(CO)=C(/F)C(=C)Br. The first-order valence-corrected chi connectivity index (χ1v) is 3.39. The molecule has 0 unspecified atom stereocenters. The predicted octanol–water partition coefficient (Wildman–Crippen LogP) is 2.30. The summed E-state index contributed by atoms with van der Waals surface area (Å²) in [7, 11) is 0. The van der Waals surface area contributed by atoms with Crippen molar-refractivity contribution < 1.29 is 9.50 Å². The molecule has 0 spiro atoms. The number of allylic oxidation sites excluding steroid dienone is 2. The zero-order valence-corrected chi connectivity index (χ0v) is 6.99. The first-order valence-electron chi connectivity index (χ1n) is 2.60. The van der Waals surface area contributed by atoms with E-state index < -0.39 is 5.83 Å². The van der Waals surface area contributed by atoms with E-state index in [9.17, 15) is 4.39 Å². The maximum Gasteiger partial charge on any atom is 0.142 e. The molecule has 0 saturated heterocycles. The summed E-state index contributed by atoms with van der Waals surface area (Å²) >= 11 is 2.84. The van der Waals surface area contributed by atoms with Crippen LogP contribution >= 0.6 is 15.9 Å². The Morgan fingerprint density at radius 1 is 1.70 bits per heavy atom. The highest BCUT2D eigenvalue weighted by Gasteiger charge is 2.02. The van der Waals surface area contributed by atoms with Crippen molar-refractivity contribution >= 4 is 15.9 Å². The van der Waals surface area contributed by atoms with Gasteiger partial charge in [-0.2, -0.15) is 0 Å². The van der Waals surface area contributed by atoms with Crippen LogP contribution in [-0.2, 0) is 0 Å². The van der Waals surface area contributed by atoms with E-state index in [1.807, 2.05) is 0 Å². The number of aliphatic hydroxyl groups is 1. The highest BCUT2D eigenvalue weighted by atomic mass is 79.9. The molecule has 3 heteroatoms. The van der Waals surface area contributed by atoms with Crippen molar-refractivity contribution in [3.63, 3.8) is 0 Å². The second-order valence-electron chi connectivity index (χ2n) is 1.61. The molecular weight excluding hydrogens is 199 g/mol. The monoisotopic (exact) mass is 206 g/mol. The Morgan fingerprint density at radius 2 is 2.20 bits per heavy atom. The minimum absolute atomic E-state index is 0.122. The summed E-state index contributed by atoms with van der Waals surface area (Å²) in [5.74, 6) is -0.558. The van der Waals surface area contributed by atoms with Gasteiger partial charge in [0.15, 0.2) is 0 Å². The third kappa shape index (κ3) is 2.45. The van der Waals surface area contributed by atoms with Crippen LogP contribution in [0.3, 0.4) is 0 Å². The van der Waals surface area contributed by atoms with Crippen LogP contribution in [0.2, 0.25) is 0 Å². The topological polar surface area (TPSA) is 20.2 Å². The number of halogens is 2. The van der Waals surface area contributed by atoms with E-state index in [0.29, 0.717) is 0 Å². The predicted molar refractivity (Wildman–Crippen MR) is 43.5 cm³/mol. The standard InChI is InChI=1S/C7H8BrFO/c1-3-6(4-10)7(9)5(2)8/h3,10H,1-2,4H2/b7-6-. The Morgan fingerprint density at radius 3 is 2.30 bits per heavy atom. The van der Waals surface area contributed by atoms with Crippen molar-refractivity contribution in [2.24, 2.45) is 0 Å². The van der Waals surface area contributed by atoms with Gasteiger partial charge < -0.3 is 5.11 Å². The zero-order chi connectivity index (χ0) is 8.15. The number of rotatable bonds is 3. The number of aliphatic hydroxyl groups excluding tert-OH is 1. The fourth-order valence-corrected chi connectivity index (χ4v) is 0.652. The van der Waals surface area contributed by atoms with Gasteiger partial charge in [0.2, 0.25) is 0 Å². The molecule has 0 aromatic carbocycles. The first kappa shape index (κ1) is 9.59. The molecule has 0 aliphatic rings. The fourth-order valence-electron chi connectivity index (χ4n) is 0.398. The molecule has 0 aromatic rings. The summed E-state index contributed by atoms with van der Waals surface area (Å²) in [5, 5.41) is 8.51. The minimum Gasteiger partial charge on any atom is -0.392 e. The summed E-state index contributed by atoms with van der Waals surface area (Å²) in [6, 6.07) is 0. The molecule has 0 bridgehead atoms. The van der Waals surface area contributed by atoms with E-state index in [2.05, 4.69) is 29.1 Å². The fraction of sp³-hybridized carbons (Fsp3) is 0.143. The number of hydrogen-bond acceptors (Lipinski definition) is 1. The Labute approximate surface area is 67.7 Å². The second kappa shape index (κ2) is 4.41. The van der Waals surface area contributed by atoms with E-state index in [1.54, 1.807) is 0 Å². The van der Waals surface area contributed by atoms with Crippen molar-refractivity contribution in [2.45, 2.75) is 0 Å². The Hall–Kier alpha value is -0.410. The summed E-state index contributed by atoms with van der Waals surface area (Å²) in [5.41, 5.74) is 0.141. The van der Waals surface area contributed by atoms with Crippen LogP contribution in [0.5, 0.6) is 0 Å². The molecule has 56 valence electrons. The third-order valence-electron chi connectivity index (χ3n) is 0.937. The van der Waals surface area contributed by atoms with Crippen LogP contribution in [0.1, 0.15) is 0 Å². The summed E-state index contributed by atoms with van der Waals surface area (Å²) in [6.45, 7) is 6.25. The van der Waals surface area contributed by atoms with Gasteiger partial charge in [-0.1, -0.05) is 19.2 Å². The quantitative estimate of drug-likeness (QED) is 0.704. The van der Waals surface area contributed by atoms with Gasteiger partial charge in [0, 0.05) is 10.1 Å². The average molecular weight is 207 g/mol. The number of hydrogen-bond donors (Lipinski definition) is 1. The van der Waals surface area contributed by atoms with Crippen LogP contribution in [0.4, 0.5) is 4.39 Å². The molecule has 0 heterocycles. The maximum atomic E-state index is 12.7. The molecule has 1 nitrogen and oxygen atoms in total. The van der Waals surface area contributed by atoms with E-state index in [0.717, 1.165) is 0 Å². The normalized spacial score (nSPS) is 12.3. The van der Waals surface area contributed by atoms with Gasteiger partial charge >= 0.3 is 0 Å². The smallest absolute Gasteiger partial charge is 0.142 e. The van der Waals surface area contributed by atoms with Crippen LogP contribution in [0.15, 0.2) is 35.1 Å². The van der Waals surface area contributed by atoms with E-state index >= 15 is 0 Å². The van der Waals surface area contributed by atoms with Gasteiger partial charge in [-0.25, -0.2) is 4.39 Å². The highest BCUT2D eigenvalue weighted by Crippen LogP contribution is 2.19. The molecule has 0 aliphatic heterocycles. The zero-order valence-electron chi connectivity index (χ0n) is 5.40. The maximum absolute atomic E-state index is 12.7. The van der Waals surface area contributed by atoms with E-state index in [4.69, 9.17) is 5.11 Å². The highest BCUT2D eigenvalue weighted by molar-refractivity contribution is 9.11. The summed E-state index contributed by atoms with van der Waals surface area (Å²) in [6.07, 6.45) is 1.25. The van der Waals surface area contributed by atoms with E-state index in [1.165, 1.54) is 6.08 Å². The van der Waals surface area contributed by atoms with Crippen LogP contribution in [0, 0.1) is 0 Å². The van der Waals surface area contributed by atoms with Gasteiger partial charge in [0.25, 0.3) is 0 Å². The molecule has 0 saturated carbocycles. The van der Waals surface area contributed by atoms with Crippen LogP contribution < -0.4 is 0 Å². The molecule has 0 amide bonds. The molecule has 10 heavy (non-hydrogen) atoms. The van der Waals surface area contributed by atoms with Gasteiger partial charge in [-0.05, 0) is 15.9 Å². The average Bonchev–Trinajstić information content (AvgIpc) is 1.90. The van der Waals surface area contributed by atoms with Gasteiger partial charge in [0.1, 0.15) is 5.83 Å². The van der Waals surface area contributed by atoms with Crippen molar-refractivity contribution in [1.29, 1.82) is 0 Å². The lowest BCUT2D eigenvalue weighted by Crippen LogP contribution is -1.89. The molecule has 0 fully saturated rings. The minimum atomic E-state index is -0.558. The summed E-state index contributed by atoms with van der Waals surface area (Å²) in [4.78, 5) is 0. The third-order valence-corrected chi connectivity index (χ3v) is 1.28. The Balaban J connectivity index is 4.59. The Kier molecular flexibility index (Phi) is 4.23. The first-order chi connectivity index (χ1) is 4.63. The lowest BCUT2D eigenvalue weighted by atomic mass is 10.2. The van der Waals surface area contributed by atoms with Gasteiger partial charge in [-0.3, -0.25) is 0 Å². The Bertz CT molecular complexity index is 184. The largest absolute Gasteiger partial charge is 0.392 e. The second-order valence-corrected chi connectivity index (χ2v) is 2.56. The molecule has 0 aliphatic carbocycles. The lowest BCUT2D eigenvalue weighted by molar-refractivity contribution is 0.331. The van der Waals surface area contributed by atoms with Crippen LogP contribution in [0.25, 0.3) is 0 Å². The van der Waals surface area contributed by atoms with Gasteiger partial charge in [0.05, 0.1) is 6.61 Å². The lowest BCUT2D eigenvalue weighted by Gasteiger charge is -1.97. The molecule has 0 atom stereocenters. The molecule has 0 radical (unpaired) electrons.